The summed E-state index contributed by atoms with van der Waals surface area (Å²) in [5.41, 5.74) is 6.35. The molecule has 0 bridgehead atoms. The molecule has 1 fully saturated rings. The minimum atomic E-state index is -3.41. The predicted molar refractivity (Wildman–Crippen MR) is 103 cm³/mol. The van der Waals surface area contributed by atoms with Crippen molar-refractivity contribution in [1.82, 2.24) is 9.97 Å². The first-order valence-corrected chi connectivity index (χ1v) is 10.4. The van der Waals surface area contributed by atoms with Crippen LogP contribution in [0.2, 0.25) is 0 Å². The smallest absolute Gasteiger partial charge is 0.222 e. The summed E-state index contributed by atoms with van der Waals surface area (Å²) in [5, 5.41) is 13.0. The Kier molecular flexibility index (Phi) is 4.08. The first-order valence-electron chi connectivity index (χ1n) is 8.53. The van der Waals surface area contributed by atoms with Crippen LogP contribution in [-0.4, -0.2) is 24.6 Å². The van der Waals surface area contributed by atoms with Gasteiger partial charge in [0.2, 0.25) is 5.95 Å². The first-order chi connectivity index (χ1) is 13.3. The number of nitrogen functional groups attached to an aromatic ring is 1. The lowest BCUT2D eigenvalue weighted by molar-refractivity contribution is 0.579. The highest BCUT2D eigenvalue weighted by molar-refractivity contribution is 7.90. The van der Waals surface area contributed by atoms with Crippen LogP contribution in [0.4, 0.5) is 11.8 Å². The van der Waals surface area contributed by atoms with E-state index in [0.717, 1.165) is 0 Å². The van der Waals surface area contributed by atoms with Gasteiger partial charge in [-0.05, 0) is 36.6 Å². The van der Waals surface area contributed by atoms with E-state index in [-0.39, 0.29) is 27.9 Å². The van der Waals surface area contributed by atoms with Crippen molar-refractivity contribution in [2.45, 2.75) is 23.3 Å². The summed E-state index contributed by atoms with van der Waals surface area (Å²) < 4.78 is 29.8. The number of anilines is 2. The molecule has 0 radical (unpaired) electrons. The fraction of sp³-hybridized carbons (Fsp3) is 0.211. The molecule has 2 aromatic heterocycles. The molecular weight excluding hydrogens is 378 g/mol. The zero-order valence-electron chi connectivity index (χ0n) is 15.0. The van der Waals surface area contributed by atoms with Gasteiger partial charge < -0.3 is 15.5 Å². The Morgan fingerprint density at radius 3 is 2.57 bits per heavy atom. The van der Waals surface area contributed by atoms with Crippen LogP contribution >= 0.6 is 0 Å². The molecule has 8 nitrogen and oxygen atoms in total. The molecule has 0 unspecified atom stereocenters. The van der Waals surface area contributed by atoms with Crippen LogP contribution in [0, 0.1) is 11.3 Å². The van der Waals surface area contributed by atoms with E-state index in [1.54, 1.807) is 36.4 Å². The molecule has 1 aliphatic carbocycles. The lowest BCUT2D eigenvalue weighted by atomic mass is 10.0. The van der Waals surface area contributed by atoms with E-state index in [1.165, 1.54) is 12.5 Å². The van der Waals surface area contributed by atoms with Gasteiger partial charge >= 0.3 is 0 Å². The van der Waals surface area contributed by atoms with Crippen molar-refractivity contribution in [3.63, 3.8) is 0 Å². The molecular formula is C19H17N5O3S. The second-order valence-electron chi connectivity index (χ2n) is 6.72. The van der Waals surface area contributed by atoms with E-state index in [0.29, 0.717) is 24.2 Å². The van der Waals surface area contributed by atoms with Gasteiger partial charge in [0.25, 0.3) is 0 Å². The van der Waals surface area contributed by atoms with Gasteiger partial charge in [0, 0.05) is 6.26 Å². The van der Waals surface area contributed by atoms with Crippen molar-refractivity contribution in [1.29, 1.82) is 5.26 Å². The van der Waals surface area contributed by atoms with Gasteiger partial charge in [-0.2, -0.15) is 10.2 Å². The maximum atomic E-state index is 12.2. The summed E-state index contributed by atoms with van der Waals surface area (Å²) in [4.78, 5) is 8.60. The molecule has 0 amide bonds. The SMILES string of the molecule is CS(=O)(=O)c1ccccc1C1(Nc2nc(N)nc(-c3ccco3)c2C#N)CC1. The van der Waals surface area contributed by atoms with E-state index < -0.39 is 15.4 Å². The van der Waals surface area contributed by atoms with Crippen LogP contribution in [0.3, 0.4) is 0 Å². The van der Waals surface area contributed by atoms with E-state index in [4.69, 9.17) is 10.2 Å². The zero-order valence-corrected chi connectivity index (χ0v) is 15.8. The number of hydrogen-bond donors (Lipinski definition) is 2. The Balaban J connectivity index is 1.82. The molecule has 9 heteroatoms. The average Bonchev–Trinajstić information content (AvgIpc) is 3.22. The van der Waals surface area contributed by atoms with E-state index in [2.05, 4.69) is 21.4 Å². The molecule has 142 valence electrons. The summed E-state index contributed by atoms with van der Waals surface area (Å²) in [6, 6.07) is 12.3. The van der Waals surface area contributed by atoms with E-state index in [9.17, 15) is 13.7 Å². The molecule has 1 aliphatic rings. The summed E-state index contributed by atoms with van der Waals surface area (Å²) >= 11 is 0. The summed E-state index contributed by atoms with van der Waals surface area (Å²) in [6.45, 7) is 0. The summed E-state index contributed by atoms with van der Waals surface area (Å²) in [5.74, 6) is 0.636. The van der Waals surface area contributed by atoms with Gasteiger partial charge in [-0.3, -0.25) is 0 Å². The molecule has 1 saturated carbocycles. The molecule has 0 aliphatic heterocycles. The Morgan fingerprint density at radius 2 is 1.96 bits per heavy atom. The standard InChI is InChI=1S/C19H17N5O3S/c1-28(25,26)15-7-3-2-5-13(15)19(8-9-19)24-17-12(11-20)16(22-18(21)23-17)14-6-4-10-27-14/h2-7,10H,8-9H2,1H3,(H3,21,22,23,24). The number of furan rings is 1. The van der Waals surface area contributed by atoms with Crippen LogP contribution in [0.25, 0.3) is 11.5 Å². The topological polar surface area (TPSA) is 135 Å². The third-order valence-corrected chi connectivity index (χ3v) is 5.86. The van der Waals surface area contributed by atoms with Crippen molar-refractivity contribution in [3.05, 3.63) is 53.8 Å². The normalized spacial score (nSPS) is 15.0. The average molecular weight is 395 g/mol. The Bertz CT molecular complexity index is 1190. The van der Waals surface area contributed by atoms with Crippen molar-refractivity contribution < 1.29 is 12.8 Å². The number of hydrogen-bond acceptors (Lipinski definition) is 8. The molecule has 1 aromatic carbocycles. The molecule has 4 rings (SSSR count). The minimum absolute atomic E-state index is 0.0138. The van der Waals surface area contributed by atoms with Gasteiger partial charge in [0.15, 0.2) is 21.4 Å². The van der Waals surface area contributed by atoms with E-state index in [1.807, 2.05) is 0 Å². The molecule has 3 aromatic rings. The summed E-state index contributed by atoms with van der Waals surface area (Å²) in [7, 11) is -3.41. The number of benzene rings is 1. The minimum Gasteiger partial charge on any atom is -0.463 e. The summed E-state index contributed by atoms with van der Waals surface area (Å²) in [6.07, 6.45) is 4.06. The number of rotatable bonds is 5. The fourth-order valence-electron chi connectivity index (χ4n) is 3.26. The number of sulfone groups is 1. The number of nitrogens with zero attached hydrogens (tertiary/aromatic N) is 3. The Labute approximate surface area is 162 Å². The first kappa shape index (κ1) is 18.0. The lowest BCUT2D eigenvalue weighted by Gasteiger charge is -2.22. The molecule has 0 atom stereocenters. The zero-order chi connectivity index (χ0) is 19.9. The van der Waals surface area contributed by atoms with Crippen molar-refractivity contribution in [3.8, 4) is 17.5 Å². The second-order valence-corrected chi connectivity index (χ2v) is 8.70. The van der Waals surface area contributed by atoms with Crippen molar-refractivity contribution in [2.24, 2.45) is 0 Å². The highest BCUT2D eigenvalue weighted by atomic mass is 32.2. The molecule has 28 heavy (non-hydrogen) atoms. The third-order valence-electron chi connectivity index (χ3n) is 4.70. The molecule has 0 spiro atoms. The number of aromatic nitrogens is 2. The van der Waals surface area contributed by atoms with Crippen molar-refractivity contribution in [2.75, 3.05) is 17.3 Å². The van der Waals surface area contributed by atoms with Gasteiger partial charge in [0.05, 0.1) is 16.7 Å². The quantitative estimate of drug-likeness (QED) is 0.673. The van der Waals surface area contributed by atoms with Crippen LogP contribution < -0.4 is 11.1 Å². The molecule has 2 heterocycles. The molecule has 3 N–H and O–H groups in total. The molecule has 0 saturated heterocycles. The second kappa shape index (κ2) is 6.35. The van der Waals surface area contributed by atoms with Gasteiger partial charge in [0.1, 0.15) is 17.3 Å². The monoisotopic (exact) mass is 395 g/mol. The maximum absolute atomic E-state index is 12.2. The number of nitriles is 1. The maximum Gasteiger partial charge on any atom is 0.222 e. The largest absolute Gasteiger partial charge is 0.463 e. The predicted octanol–water partition coefficient (Wildman–Crippen LogP) is 2.70. The Hall–Kier alpha value is -3.38. The fourth-order valence-corrected chi connectivity index (χ4v) is 4.25. The van der Waals surface area contributed by atoms with Gasteiger partial charge in [-0.25, -0.2) is 13.4 Å². The Morgan fingerprint density at radius 1 is 1.21 bits per heavy atom. The van der Waals surface area contributed by atoms with Crippen LogP contribution in [-0.2, 0) is 15.4 Å². The lowest BCUT2D eigenvalue weighted by Crippen LogP contribution is -2.23. The van der Waals surface area contributed by atoms with Gasteiger partial charge in [-0.15, -0.1) is 0 Å². The van der Waals surface area contributed by atoms with Crippen LogP contribution in [0.5, 0.6) is 0 Å². The van der Waals surface area contributed by atoms with Crippen LogP contribution in [0.1, 0.15) is 24.0 Å². The van der Waals surface area contributed by atoms with E-state index >= 15 is 0 Å². The highest BCUT2D eigenvalue weighted by Gasteiger charge is 2.47. The van der Waals surface area contributed by atoms with Crippen LogP contribution in [0.15, 0.2) is 52.0 Å². The third kappa shape index (κ3) is 3.08. The highest BCUT2D eigenvalue weighted by Crippen LogP contribution is 2.50. The van der Waals surface area contributed by atoms with Gasteiger partial charge in [-0.1, -0.05) is 18.2 Å². The van der Waals surface area contributed by atoms with Crippen molar-refractivity contribution >= 4 is 21.6 Å². The number of nitrogens with two attached hydrogens (primary N) is 1. The number of nitrogens with one attached hydrogen (secondary N) is 1.